The van der Waals surface area contributed by atoms with Gasteiger partial charge in [0.15, 0.2) is 5.72 Å². The van der Waals surface area contributed by atoms with Gasteiger partial charge in [0.05, 0.1) is 5.56 Å². The highest BCUT2D eigenvalue weighted by molar-refractivity contribution is 6.07. The van der Waals surface area contributed by atoms with Crippen molar-refractivity contribution < 1.29 is 14.3 Å². The molecular weight excluding hydrogens is 436 g/mol. The van der Waals surface area contributed by atoms with Crippen LogP contribution in [0, 0.1) is 12.8 Å². The van der Waals surface area contributed by atoms with Gasteiger partial charge in [0.1, 0.15) is 11.4 Å². The van der Waals surface area contributed by atoms with Gasteiger partial charge in [0, 0.05) is 47.6 Å². The second kappa shape index (κ2) is 7.86. The fourth-order valence-electron chi connectivity index (χ4n) is 7.38. The number of nitrogens with zero attached hydrogens (tertiary/aromatic N) is 1. The number of fused-ring (bicyclic) bond motifs is 3. The van der Waals surface area contributed by atoms with Crippen molar-refractivity contribution in [2.45, 2.75) is 76.0 Å². The lowest BCUT2D eigenvalue weighted by Crippen LogP contribution is -2.64. The standard InChI is InChI=1S/C30H34N2O3/c1-20-26(28(33)35-29(14-8-15-29)21-9-3-2-4-10-21)27-23-19-22-11-7-18-32-17-6-5-16-30(22,32)34-25(23)13-12-24(27)31-20/h2-4,9-10,12-13,22,31H,5-8,11,14-19H2,1H3. The molecule has 2 saturated heterocycles. The zero-order chi connectivity index (χ0) is 23.6. The summed E-state index contributed by atoms with van der Waals surface area (Å²) in [5.41, 5.74) is 4.20. The smallest absolute Gasteiger partial charge is 0.341 e. The summed E-state index contributed by atoms with van der Waals surface area (Å²) >= 11 is 0. The number of H-pyrrole nitrogens is 1. The molecule has 3 aliphatic heterocycles. The third-order valence-electron chi connectivity index (χ3n) is 9.27. The summed E-state index contributed by atoms with van der Waals surface area (Å²) in [5.74, 6) is 1.21. The minimum absolute atomic E-state index is 0.160. The van der Waals surface area contributed by atoms with Crippen LogP contribution in [0.15, 0.2) is 42.5 Å². The van der Waals surface area contributed by atoms with Crippen molar-refractivity contribution >= 4 is 16.9 Å². The van der Waals surface area contributed by atoms with E-state index in [0.717, 1.165) is 73.1 Å². The highest BCUT2D eigenvalue weighted by Crippen LogP contribution is 2.51. The van der Waals surface area contributed by atoms with Gasteiger partial charge < -0.3 is 14.5 Å². The Kier molecular flexibility index (Phi) is 4.82. The third-order valence-corrected chi connectivity index (χ3v) is 9.27. The summed E-state index contributed by atoms with van der Waals surface area (Å²) in [4.78, 5) is 19.9. The number of hydrogen-bond donors (Lipinski definition) is 1. The lowest BCUT2D eigenvalue weighted by molar-refractivity contribution is -0.177. The highest BCUT2D eigenvalue weighted by Gasteiger charge is 2.52. The van der Waals surface area contributed by atoms with Crippen LogP contribution >= 0.6 is 0 Å². The summed E-state index contributed by atoms with van der Waals surface area (Å²) in [6.45, 7) is 4.26. The van der Waals surface area contributed by atoms with E-state index in [1.807, 2.05) is 25.1 Å². The Morgan fingerprint density at radius 2 is 1.86 bits per heavy atom. The van der Waals surface area contributed by atoms with Crippen LogP contribution in [0.3, 0.4) is 0 Å². The fraction of sp³-hybridized carbons (Fsp3) is 0.500. The lowest BCUT2D eigenvalue weighted by Gasteiger charge is -2.56. The van der Waals surface area contributed by atoms with Gasteiger partial charge in [0.25, 0.3) is 0 Å². The number of aromatic amines is 1. The fourth-order valence-corrected chi connectivity index (χ4v) is 7.38. The predicted molar refractivity (Wildman–Crippen MR) is 136 cm³/mol. The Balaban J connectivity index is 1.29. The first-order valence-electron chi connectivity index (χ1n) is 13.5. The van der Waals surface area contributed by atoms with Crippen LogP contribution in [0.1, 0.15) is 78.5 Å². The molecule has 1 N–H and O–H groups in total. The number of benzene rings is 2. The second-order valence-electron chi connectivity index (χ2n) is 11.1. The van der Waals surface area contributed by atoms with E-state index in [1.165, 1.54) is 31.2 Å². The van der Waals surface area contributed by atoms with Crippen molar-refractivity contribution in [1.82, 2.24) is 9.88 Å². The molecule has 3 fully saturated rings. The number of aryl methyl sites for hydroxylation is 1. The molecule has 2 unspecified atom stereocenters. The zero-order valence-corrected chi connectivity index (χ0v) is 20.6. The zero-order valence-electron chi connectivity index (χ0n) is 20.6. The van der Waals surface area contributed by atoms with Crippen LogP contribution in [-0.4, -0.2) is 34.7 Å². The molecule has 1 aromatic heterocycles. The number of rotatable bonds is 3. The van der Waals surface area contributed by atoms with Gasteiger partial charge in [-0.3, -0.25) is 4.90 Å². The van der Waals surface area contributed by atoms with Gasteiger partial charge >= 0.3 is 5.97 Å². The number of esters is 1. The first-order chi connectivity index (χ1) is 17.1. The third kappa shape index (κ3) is 3.13. The molecule has 5 nitrogen and oxygen atoms in total. The van der Waals surface area contributed by atoms with Crippen LogP contribution < -0.4 is 4.74 Å². The quantitative estimate of drug-likeness (QED) is 0.461. The highest BCUT2D eigenvalue weighted by atomic mass is 16.6. The molecule has 35 heavy (non-hydrogen) atoms. The van der Waals surface area contributed by atoms with Crippen molar-refractivity contribution in [2.24, 2.45) is 5.92 Å². The second-order valence-corrected chi connectivity index (χ2v) is 11.1. The van der Waals surface area contributed by atoms with Crippen LogP contribution in [-0.2, 0) is 16.8 Å². The molecule has 3 aromatic rings. The van der Waals surface area contributed by atoms with Gasteiger partial charge in [0.2, 0.25) is 0 Å². The van der Waals surface area contributed by atoms with Gasteiger partial charge in [-0.1, -0.05) is 30.3 Å². The predicted octanol–water partition coefficient (Wildman–Crippen LogP) is 6.24. The summed E-state index contributed by atoms with van der Waals surface area (Å²) in [6.07, 6.45) is 9.82. The molecule has 1 aliphatic carbocycles. The Morgan fingerprint density at radius 3 is 2.66 bits per heavy atom. The maximum Gasteiger partial charge on any atom is 0.341 e. The summed E-state index contributed by atoms with van der Waals surface area (Å²) in [5, 5.41) is 1.01. The number of hydrogen-bond acceptors (Lipinski definition) is 4. The first-order valence-corrected chi connectivity index (χ1v) is 13.5. The number of aromatic nitrogens is 1. The monoisotopic (exact) mass is 470 g/mol. The molecular formula is C30H34N2O3. The normalized spacial score (nSPS) is 27.2. The van der Waals surface area contributed by atoms with E-state index in [2.05, 4.69) is 34.1 Å². The van der Waals surface area contributed by atoms with E-state index in [-0.39, 0.29) is 11.7 Å². The van der Waals surface area contributed by atoms with Gasteiger partial charge in [-0.25, -0.2) is 4.79 Å². The Hall–Kier alpha value is -2.79. The van der Waals surface area contributed by atoms with E-state index < -0.39 is 5.60 Å². The van der Waals surface area contributed by atoms with Crippen LogP contribution in [0.4, 0.5) is 0 Å². The summed E-state index contributed by atoms with van der Waals surface area (Å²) in [6, 6.07) is 14.4. The Morgan fingerprint density at radius 1 is 1.03 bits per heavy atom. The summed E-state index contributed by atoms with van der Waals surface area (Å²) in [7, 11) is 0. The largest absolute Gasteiger partial charge is 0.472 e. The average Bonchev–Trinajstić information content (AvgIpc) is 3.20. The van der Waals surface area contributed by atoms with E-state index in [9.17, 15) is 4.79 Å². The molecule has 2 atom stereocenters. The van der Waals surface area contributed by atoms with Crippen molar-refractivity contribution in [3.63, 3.8) is 0 Å². The molecule has 0 bridgehead atoms. The molecule has 4 heterocycles. The van der Waals surface area contributed by atoms with Gasteiger partial charge in [-0.05, 0) is 76.0 Å². The molecule has 0 amide bonds. The summed E-state index contributed by atoms with van der Waals surface area (Å²) < 4.78 is 13.3. The Bertz CT molecular complexity index is 1290. The van der Waals surface area contributed by atoms with Crippen LogP contribution in [0.5, 0.6) is 5.75 Å². The first kappa shape index (κ1) is 21.5. The number of carbonyl (C=O) groups is 1. The van der Waals surface area contributed by atoms with E-state index in [1.54, 1.807) is 0 Å². The molecule has 0 radical (unpaired) electrons. The van der Waals surface area contributed by atoms with Crippen molar-refractivity contribution in [3.05, 3.63) is 64.8 Å². The average molecular weight is 471 g/mol. The van der Waals surface area contributed by atoms with Crippen molar-refractivity contribution in [3.8, 4) is 5.75 Å². The number of ether oxygens (including phenoxy) is 2. The van der Waals surface area contributed by atoms with Crippen LogP contribution in [0.2, 0.25) is 0 Å². The molecule has 1 saturated carbocycles. The van der Waals surface area contributed by atoms with Gasteiger partial charge in [-0.2, -0.15) is 0 Å². The number of piperidine rings is 2. The SMILES string of the molecule is Cc1[nH]c2ccc3c(c2c1C(=O)OC1(c2ccccc2)CCC1)CC1CCCN2CCCCC12O3. The lowest BCUT2D eigenvalue weighted by atomic mass is 9.74. The Labute approximate surface area is 206 Å². The van der Waals surface area contributed by atoms with E-state index in [0.29, 0.717) is 11.5 Å². The van der Waals surface area contributed by atoms with Crippen molar-refractivity contribution in [2.75, 3.05) is 13.1 Å². The van der Waals surface area contributed by atoms with E-state index >= 15 is 0 Å². The van der Waals surface area contributed by atoms with Gasteiger partial charge in [-0.15, -0.1) is 0 Å². The van der Waals surface area contributed by atoms with Crippen molar-refractivity contribution in [1.29, 1.82) is 0 Å². The van der Waals surface area contributed by atoms with Crippen LogP contribution in [0.25, 0.3) is 10.9 Å². The molecule has 182 valence electrons. The van der Waals surface area contributed by atoms with E-state index in [4.69, 9.17) is 9.47 Å². The minimum atomic E-state index is -0.504. The minimum Gasteiger partial charge on any atom is -0.472 e. The number of carbonyl (C=O) groups excluding carboxylic acids is 1. The molecule has 4 aliphatic rings. The maximum atomic E-state index is 13.8. The molecule has 2 aromatic carbocycles. The number of nitrogens with one attached hydrogen (secondary N) is 1. The molecule has 1 spiro atoms. The topological polar surface area (TPSA) is 54.6 Å². The molecule has 7 rings (SSSR count). The maximum absolute atomic E-state index is 13.8. The molecule has 5 heteroatoms.